The summed E-state index contributed by atoms with van der Waals surface area (Å²) in [5.41, 5.74) is 3.17. The normalized spacial score (nSPS) is 10.8. The van der Waals surface area contributed by atoms with Crippen LogP contribution in [0.2, 0.25) is 0 Å². The minimum atomic E-state index is -0.134. The minimum Gasteiger partial charge on any atom is -0.334 e. The molecule has 1 aromatic carbocycles. The van der Waals surface area contributed by atoms with Crippen molar-refractivity contribution in [2.45, 2.75) is 40.0 Å². The summed E-state index contributed by atoms with van der Waals surface area (Å²) in [6.07, 6.45) is 2.58. The van der Waals surface area contributed by atoms with Crippen LogP contribution in [0.5, 0.6) is 0 Å². The molecule has 1 aromatic rings. The van der Waals surface area contributed by atoms with Gasteiger partial charge in [0, 0.05) is 19.2 Å². The second-order valence-electron chi connectivity index (χ2n) is 6.30. The van der Waals surface area contributed by atoms with E-state index in [4.69, 9.17) is 0 Å². The number of nitrogens with one attached hydrogen (secondary N) is 1. The molecule has 0 unspecified atom stereocenters. The average molecular weight is 333 g/mol. The van der Waals surface area contributed by atoms with Gasteiger partial charge in [-0.05, 0) is 51.0 Å². The maximum absolute atomic E-state index is 12.4. The molecular formula is C19H31N3O2. The Bertz CT molecular complexity index is 533. The van der Waals surface area contributed by atoms with E-state index in [1.165, 1.54) is 6.92 Å². The van der Waals surface area contributed by atoms with Crippen molar-refractivity contribution >= 4 is 17.5 Å². The molecule has 0 fully saturated rings. The third kappa shape index (κ3) is 6.32. The van der Waals surface area contributed by atoms with Gasteiger partial charge >= 0.3 is 0 Å². The molecule has 0 atom stereocenters. The van der Waals surface area contributed by atoms with Gasteiger partial charge in [-0.15, -0.1) is 0 Å². The lowest BCUT2D eigenvalue weighted by molar-refractivity contribution is -0.132. The van der Waals surface area contributed by atoms with Crippen LogP contribution in [0.3, 0.4) is 0 Å². The summed E-state index contributed by atoms with van der Waals surface area (Å²) in [5, 5.41) is 3.02. The zero-order valence-corrected chi connectivity index (χ0v) is 15.7. The number of carbonyl (C=O) groups is 2. The van der Waals surface area contributed by atoms with Gasteiger partial charge in [-0.1, -0.05) is 32.0 Å². The van der Waals surface area contributed by atoms with E-state index in [-0.39, 0.29) is 18.4 Å². The first-order chi connectivity index (χ1) is 11.4. The fraction of sp³-hybridized carbons (Fsp3) is 0.579. The van der Waals surface area contributed by atoms with Gasteiger partial charge in [-0.25, -0.2) is 0 Å². The van der Waals surface area contributed by atoms with E-state index in [2.05, 4.69) is 24.1 Å². The summed E-state index contributed by atoms with van der Waals surface area (Å²) >= 11 is 0. The Morgan fingerprint density at radius 1 is 1.04 bits per heavy atom. The van der Waals surface area contributed by atoms with E-state index in [1.807, 2.05) is 32.3 Å². The summed E-state index contributed by atoms with van der Waals surface area (Å²) in [7, 11) is 4.00. The predicted octanol–water partition coefficient (Wildman–Crippen LogP) is 2.55. The number of hydrogen-bond donors (Lipinski definition) is 1. The van der Waals surface area contributed by atoms with Crippen LogP contribution in [0.4, 0.5) is 5.69 Å². The van der Waals surface area contributed by atoms with Crippen LogP contribution in [0.1, 0.15) is 38.3 Å². The van der Waals surface area contributed by atoms with Gasteiger partial charge in [-0.3, -0.25) is 9.59 Å². The van der Waals surface area contributed by atoms with Crippen LogP contribution in [-0.4, -0.2) is 55.3 Å². The fourth-order valence-corrected chi connectivity index (χ4v) is 2.68. The van der Waals surface area contributed by atoms with Crippen LogP contribution < -0.4 is 5.32 Å². The van der Waals surface area contributed by atoms with Gasteiger partial charge in [0.2, 0.25) is 11.8 Å². The highest BCUT2D eigenvalue weighted by atomic mass is 16.2. The lowest BCUT2D eigenvalue weighted by Crippen LogP contribution is -2.38. The Hall–Kier alpha value is -1.88. The smallest absolute Gasteiger partial charge is 0.244 e. The Labute approximate surface area is 146 Å². The van der Waals surface area contributed by atoms with Gasteiger partial charge in [0.05, 0.1) is 6.54 Å². The number of hydrogen-bond acceptors (Lipinski definition) is 3. The van der Waals surface area contributed by atoms with E-state index < -0.39 is 0 Å². The average Bonchev–Trinajstić information content (AvgIpc) is 2.53. The highest BCUT2D eigenvalue weighted by Gasteiger charge is 2.15. The van der Waals surface area contributed by atoms with Crippen LogP contribution in [0.15, 0.2) is 18.2 Å². The molecule has 0 saturated heterocycles. The molecule has 0 saturated carbocycles. The summed E-state index contributed by atoms with van der Waals surface area (Å²) in [4.78, 5) is 27.9. The molecule has 5 nitrogen and oxygen atoms in total. The molecule has 0 aliphatic rings. The molecule has 0 aliphatic carbocycles. The largest absolute Gasteiger partial charge is 0.334 e. The number of rotatable bonds is 9. The number of anilines is 1. The molecule has 0 aromatic heterocycles. The molecule has 0 heterocycles. The summed E-state index contributed by atoms with van der Waals surface area (Å²) in [6.45, 7) is 7.26. The van der Waals surface area contributed by atoms with E-state index in [9.17, 15) is 9.59 Å². The SMILES string of the molecule is CCc1cccc(CC)c1NC(=O)CN(CCCN(C)C)C(C)=O. The first-order valence-electron chi connectivity index (χ1n) is 8.69. The van der Waals surface area contributed by atoms with Crippen molar-refractivity contribution in [2.75, 3.05) is 39.0 Å². The molecule has 0 radical (unpaired) electrons. The second kappa shape index (κ2) is 10.1. The summed E-state index contributed by atoms with van der Waals surface area (Å²) < 4.78 is 0. The zero-order chi connectivity index (χ0) is 18.1. The minimum absolute atomic E-state index is 0.0663. The van der Waals surface area contributed by atoms with Crippen LogP contribution in [-0.2, 0) is 22.4 Å². The van der Waals surface area contributed by atoms with E-state index in [0.29, 0.717) is 6.54 Å². The second-order valence-corrected chi connectivity index (χ2v) is 6.30. The van der Waals surface area contributed by atoms with Crippen molar-refractivity contribution in [2.24, 2.45) is 0 Å². The third-order valence-electron chi connectivity index (χ3n) is 4.08. The van der Waals surface area contributed by atoms with E-state index >= 15 is 0 Å². The van der Waals surface area contributed by atoms with Gasteiger partial charge in [-0.2, -0.15) is 0 Å². The topological polar surface area (TPSA) is 52.7 Å². The number of amides is 2. The Morgan fingerprint density at radius 3 is 2.08 bits per heavy atom. The van der Waals surface area contributed by atoms with Crippen molar-refractivity contribution in [1.29, 1.82) is 0 Å². The number of para-hydroxylation sites is 1. The lowest BCUT2D eigenvalue weighted by Gasteiger charge is -2.22. The molecule has 0 spiro atoms. The van der Waals surface area contributed by atoms with Crippen molar-refractivity contribution in [3.8, 4) is 0 Å². The predicted molar refractivity (Wildman–Crippen MR) is 99.3 cm³/mol. The van der Waals surface area contributed by atoms with Crippen molar-refractivity contribution in [1.82, 2.24) is 9.80 Å². The highest BCUT2D eigenvalue weighted by Crippen LogP contribution is 2.22. The maximum atomic E-state index is 12.4. The first kappa shape index (κ1) is 20.2. The molecule has 0 bridgehead atoms. The monoisotopic (exact) mass is 333 g/mol. The highest BCUT2D eigenvalue weighted by molar-refractivity contribution is 5.95. The van der Waals surface area contributed by atoms with Crippen LogP contribution in [0.25, 0.3) is 0 Å². The number of aryl methyl sites for hydroxylation is 2. The maximum Gasteiger partial charge on any atom is 0.244 e. The molecule has 1 rings (SSSR count). The number of nitrogens with zero attached hydrogens (tertiary/aromatic N) is 2. The number of carbonyl (C=O) groups excluding carboxylic acids is 2. The van der Waals surface area contributed by atoms with E-state index in [1.54, 1.807) is 4.90 Å². The van der Waals surface area contributed by atoms with Gasteiger partial charge in [0.25, 0.3) is 0 Å². The molecule has 134 valence electrons. The molecule has 5 heteroatoms. The fourth-order valence-electron chi connectivity index (χ4n) is 2.68. The Morgan fingerprint density at radius 2 is 1.62 bits per heavy atom. The van der Waals surface area contributed by atoms with Crippen LogP contribution in [0, 0.1) is 0 Å². The van der Waals surface area contributed by atoms with Crippen molar-refractivity contribution < 1.29 is 9.59 Å². The molecule has 24 heavy (non-hydrogen) atoms. The standard InChI is InChI=1S/C19H31N3O2/c1-6-16-10-8-11-17(7-2)19(16)20-18(24)14-22(15(3)23)13-9-12-21(4)5/h8,10-11H,6-7,9,12-14H2,1-5H3,(H,20,24). The summed E-state index contributed by atoms with van der Waals surface area (Å²) in [6, 6.07) is 6.10. The van der Waals surface area contributed by atoms with Gasteiger partial charge < -0.3 is 15.1 Å². The molecule has 2 amide bonds. The lowest BCUT2D eigenvalue weighted by atomic mass is 10.0. The first-order valence-corrected chi connectivity index (χ1v) is 8.69. The zero-order valence-electron chi connectivity index (χ0n) is 15.7. The summed E-state index contributed by atoms with van der Waals surface area (Å²) in [5.74, 6) is -0.200. The molecule has 1 N–H and O–H groups in total. The quantitative estimate of drug-likeness (QED) is 0.755. The molecule has 0 aliphatic heterocycles. The molecular weight excluding hydrogens is 302 g/mol. The van der Waals surface area contributed by atoms with Crippen molar-refractivity contribution in [3.63, 3.8) is 0 Å². The third-order valence-corrected chi connectivity index (χ3v) is 4.08. The van der Waals surface area contributed by atoms with Gasteiger partial charge in [0.15, 0.2) is 0 Å². The number of benzene rings is 1. The Balaban J connectivity index is 2.74. The Kier molecular flexibility index (Phi) is 8.47. The van der Waals surface area contributed by atoms with Gasteiger partial charge in [0.1, 0.15) is 0 Å². The van der Waals surface area contributed by atoms with Crippen molar-refractivity contribution in [3.05, 3.63) is 29.3 Å². The van der Waals surface area contributed by atoms with Crippen LogP contribution >= 0.6 is 0 Å². The van der Waals surface area contributed by atoms with E-state index in [0.717, 1.165) is 42.6 Å².